The lowest BCUT2D eigenvalue weighted by molar-refractivity contribution is -0.154. The van der Waals surface area contributed by atoms with Crippen molar-refractivity contribution in [2.24, 2.45) is 11.1 Å². The Morgan fingerprint density at radius 2 is 1.58 bits per heavy atom. The summed E-state index contributed by atoms with van der Waals surface area (Å²) in [5.74, 6) is -0.273. The van der Waals surface area contributed by atoms with E-state index < -0.39 is 11.0 Å². The number of rotatable bonds is 2. The second-order valence-corrected chi connectivity index (χ2v) is 3.84. The zero-order valence-electron chi connectivity index (χ0n) is 8.30. The van der Waals surface area contributed by atoms with E-state index >= 15 is 0 Å². The average molecular weight is 196 g/mol. The van der Waals surface area contributed by atoms with Gasteiger partial charge in [0, 0.05) is 5.54 Å². The van der Waals surface area contributed by atoms with Crippen molar-refractivity contribution in [2.45, 2.75) is 33.2 Å². The number of carbonyl (C=O) groups excluding carboxylic acids is 1. The maximum atomic E-state index is 11.2. The zero-order chi connectivity index (χ0) is 9.28. The largest absolute Gasteiger partial charge is 0.469 e. The molecule has 0 atom stereocenters. The lowest BCUT2D eigenvalue weighted by Gasteiger charge is -2.35. The predicted octanol–water partition coefficient (Wildman–Crippen LogP) is 1.34. The predicted molar refractivity (Wildman–Crippen MR) is 51.3 cm³/mol. The third-order valence-corrected chi connectivity index (χ3v) is 2.31. The normalized spacial score (nSPS) is 11.8. The average Bonchev–Trinajstić information content (AvgIpc) is 1.83. The molecule has 0 aliphatic carbocycles. The van der Waals surface area contributed by atoms with Gasteiger partial charge in [-0.3, -0.25) is 4.79 Å². The van der Waals surface area contributed by atoms with E-state index in [1.807, 2.05) is 13.8 Å². The van der Waals surface area contributed by atoms with E-state index in [0.29, 0.717) is 0 Å². The number of hydrogen-bond donors (Lipinski definition) is 1. The quantitative estimate of drug-likeness (QED) is 0.677. The van der Waals surface area contributed by atoms with Crippen molar-refractivity contribution in [1.29, 1.82) is 0 Å². The summed E-state index contributed by atoms with van der Waals surface area (Å²) in [5, 5.41) is 0. The lowest BCUT2D eigenvalue weighted by atomic mass is 9.75. The van der Waals surface area contributed by atoms with Crippen molar-refractivity contribution in [2.75, 3.05) is 7.11 Å². The highest BCUT2D eigenvalue weighted by molar-refractivity contribution is 5.85. The molecule has 0 aromatic rings. The van der Waals surface area contributed by atoms with Gasteiger partial charge in [0.15, 0.2) is 0 Å². The smallest absolute Gasteiger partial charge is 0.313 e. The van der Waals surface area contributed by atoms with Crippen LogP contribution in [-0.2, 0) is 9.53 Å². The molecule has 0 bridgehead atoms. The molecule has 0 heterocycles. The van der Waals surface area contributed by atoms with Crippen LogP contribution in [0.1, 0.15) is 27.7 Å². The van der Waals surface area contributed by atoms with Crippen LogP contribution >= 0.6 is 12.4 Å². The third-order valence-electron chi connectivity index (χ3n) is 2.31. The Balaban J connectivity index is 0. The van der Waals surface area contributed by atoms with E-state index in [4.69, 9.17) is 5.73 Å². The Kier molecular flexibility index (Phi) is 4.87. The molecule has 0 saturated heterocycles. The first kappa shape index (κ1) is 14.3. The standard InChI is InChI=1S/C8H17NO2.ClH/c1-7(2,6(10)11-5)8(3,4)9;/h9H2,1-5H3;1H. The van der Waals surface area contributed by atoms with Crippen LogP contribution in [0.2, 0.25) is 0 Å². The van der Waals surface area contributed by atoms with Crippen molar-refractivity contribution < 1.29 is 9.53 Å². The minimum atomic E-state index is -0.637. The van der Waals surface area contributed by atoms with Gasteiger partial charge in [0.2, 0.25) is 0 Å². The van der Waals surface area contributed by atoms with Gasteiger partial charge >= 0.3 is 5.97 Å². The van der Waals surface area contributed by atoms with E-state index in [1.165, 1.54) is 7.11 Å². The third kappa shape index (κ3) is 2.64. The van der Waals surface area contributed by atoms with Crippen LogP contribution in [0.4, 0.5) is 0 Å². The van der Waals surface area contributed by atoms with Gasteiger partial charge in [-0.15, -0.1) is 12.4 Å². The Morgan fingerprint density at radius 3 is 1.67 bits per heavy atom. The summed E-state index contributed by atoms with van der Waals surface area (Å²) in [4.78, 5) is 11.2. The number of nitrogens with two attached hydrogens (primary N) is 1. The molecule has 2 N–H and O–H groups in total. The zero-order valence-corrected chi connectivity index (χ0v) is 9.12. The van der Waals surface area contributed by atoms with Crippen LogP contribution in [0.25, 0.3) is 0 Å². The number of hydrogen-bond acceptors (Lipinski definition) is 3. The van der Waals surface area contributed by atoms with Gasteiger partial charge in [-0.2, -0.15) is 0 Å². The minimum absolute atomic E-state index is 0. The lowest BCUT2D eigenvalue weighted by Crippen LogP contribution is -2.52. The minimum Gasteiger partial charge on any atom is -0.469 e. The molecule has 74 valence electrons. The van der Waals surface area contributed by atoms with Crippen molar-refractivity contribution in [3.63, 3.8) is 0 Å². The molecule has 0 spiro atoms. The highest BCUT2D eigenvalue weighted by Gasteiger charge is 2.41. The molecular formula is C8H18ClNO2. The molecule has 0 aromatic carbocycles. The van der Waals surface area contributed by atoms with Gasteiger partial charge in [0.25, 0.3) is 0 Å². The molecule has 12 heavy (non-hydrogen) atoms. The Bertz CT molecular complexity index is 161. The van der Waals surface area contributed by atoms with Crippen LogP contribution in [0.3, 0.4) is 0 Å². The fourth-order valence-electron chi connectivity index (χ4n) is 0.518. The number of methoxy groups -OCH3 is 1. The second-order valence-electron chi connectivity index (χ2n) is 3.84. The summed E-state index contributed by atoms with van der Waals surface area (Å²) in [6.45, 7) is 7.17. The van der Waals surface area contributed by atoms with E-state index in [1.54, 1.807) is 13.8 Å². The Hall–Kier alpha value is -0.280. The molecule has 0 fully saturated rings. The van der Waals surface area contributed by atoms with Crippen LogP contribution in [-0.4, -0.2) is 18.6 Å². The molecule has 0 aliphatic rings. The van der Waals surface area contributed by atoms with Crippen molar-refractivity contribution in [3.8, 4) is 0 Å². The van der Waals surface area contributed by atoms with Crippen LogP contribution < -0.4 is 5.73 Å². The molecule has 0 saturated carbocycles. The van der Waals surface area contributed by atoms with Gasteiger partial charge < -0.3 is 10.5 Å². The fraction of sp³-hybridized carbons (Fsp3) is 0.875. The monoisotopic (exact) mass is 195 g/mol. The number of ether oxygens (including phenoxy) is 1. The molecule has 0 unspecified atom stereocenters. The number of carbonyl (C=O) groups is 1. The maximum absolute atomic E-state index is 11.2. The fourth-order valence-corrected chi connectivity index (χ4v) is 0.518. The van der Waals surface area contributed by atoms with Gasteiger partial charge in [-0.25, -0.2) is 0 Å². The number of esters is 1. The van der Waals surface area contributed by atoms with Crippen molar-refractivity contribution in [3.05, 3.63) is 0 Å². The molecular weight excluding hydrogens is 178 g/mol. The Morgan fingerprint density at radius 1 is 1.25 bits per heavy atom. The summed E-state index contributed by atoms with van der Waals surface area (Å²) in [5.41, 5.74) is 4.60. The van der Waals surface area contributed by atoms with E-state index in [9.17, 15) is 4.79 Å². The summed E-state index contributed by atoms with van der Waals surface area (Å²) in [7, 11) is 1.37. The first-order chi connectivity index (χ1) is 4.73. The van der Waals surface area contributed by atoms with Crippen LogP contribution in [0.15, 0.2) is 0 Å². The number of halogens is 1. The first-order valence-electron chi connectivity index (χ1n) is 3.61. The van der Waals surface area contributed by atoms with E-state index in [-0.39, 0.29) is 18.4 Å². The van der Waals surface area contributed by atoms with Gasteiger partial charge in [-0.1, -0.05) is 0 Å². The molecule has 0 aromatic heterocycles. The first-order valence-corrected chi connectivity index (χ1v) is 3.61. The molecule has 0 amide bonds. The van der Waals surface area contributed by atoms with E-state index in [2.05, 4.69) is 4.74 Å². The second kappa shape index (κ2) is 4.10. The maximum Gasteiger partial charge on any atom is 0.313 e. The van der Waals surface area contributed by atoms with Crippen LogP contribution in [0.5, 0.6) is 0 Å². The van der Waals surface area contributed by atoms with E-state index in [0.717, 1.165) is 0 Å². The molecule has 0 rings (SSSR count). The highest BCUT2D eigenvalue weighted by atomic mass is 35.5. The Labute approximate surface area is 80.1 Å². The van der Waals surface area contributed by atoms with Gasteiger partial charge in [-0.05, 0) is 27.7 Å². The molecule has 0 radical (unpaired) electrons. The van der Waals surface area contributed by atoms with Gasteiger partial charge in [0.05, 0.1) is 12.5 Å². The molecule has 0 aliphatic heterocycles. The summed E-state index contributed by atoms with van der Waals surface area (Å²) in [6, 6.07) is 0. The summed E-state index contributed by atoms with van der Waals surface area (Å²) in [6.07, 6.45) is 0. The van der Waals surface area contributed by atoms with Crippen LogP contribution in [0, 0.1) is 5.41 Å². The van der Waals surface area contributed by atoms with Gasteiger partial charge in [0.1, 0.15) is 0 Å². The highest BCUT2D eigenvalue weighted by Crippen LogP contribution is 2.29. The van der Waals surface area contributed by atoms with Crippen molar-refractivity contribution in [1.82, 2.24) is 0 Å². The molecule has 4 heteroatoms. The molecule has 3 nitrogen and oxygen atoms in total. The van der Waals surface area contributed by atoms with Crippen molar-refractivity contribution >= 4 is 18.4 Å². The SMILES string of the molecule is COC(=O)C(C)(C)C(C)(C)N.Cl. The summed E-state index contributed by atoms with van der Waals surface area (Å²) >= 11 is 0. The summed E-state index contributed by atoms with van der Waals surface area (Å²) < 4.78 is 4.62. The topological polar surface area (TPSA) is 52.3 Å².